The molecule has 4 aliphatic carbocycles. The number of amides is 2. The van der Waals surface area contributed by atoms with Crippen LogP contribution >= 0.6 is 0 Å². The minimum Gasteiger partial charge on any atom is -0.481 e. The highest BCUT2D eigenvalue weighted by atomic mass is 16.5. The van der Waals surface area contributed by atoms with E-state index in [2.05, 4.69) is 38.3 Å². The second-order valence-corrected chi connectivity index (χ2v) is 20.5. The van der Waals surface area contributed by atoms with E-state index in [0.29, 0.717) is 61.7 Å². The summed E-state index contributed by atoms with van der Waals surface area (Å²) in [6.45, 7) is 9.82. The molecule has 0 radical (unpaired) electrons. The van der Waals surface area contributed by atoms with Crippen LogP contribution in [0.3, 0.4) is 0 Å². The van der Waals surface area contributed by atoms with Gasteiger partial charge in [0.1, 0.15) is 0 Å². The van der Waals surface area contributed by atoms with Gasteiger partial charge in [-0.25, -0.2) is 0 Å². The molecule has 2 saturated carbocycles. The lowest BCUT2D eigenvalue weighted by atomic mass is 9.62. The number of carboxylic acids is 2. The lowest BCUT2D eigenvalue weighted by Gasteiger charge is -2.49. The molecule has 14 nitrogen and oxygen atoms in total. The van der Waals surface area contributed by atoms with E-state index in [1.54, 1.807) is 26.4 Å². The molecule has 6 atom stereocenters. The molecule has 0 aliphatic heterocycles. The van der Waals surface area contributed by atoms with Gasteiger partial charge in [0.25, 0.3) is 0 Å². The summed E-state index contributed by atoms with van der Waals surface area (Å²) in [5.41, 5.74) is 16.4. The Balaban J connectivity index is 0.000000254. The molecule has 0 bridgehead atoms. The Bertz CT molecular complexity index is 1830. The zero-order valence-electron chi connectivity index (χ0n) is 41.8. The van der Waals surface area contributed by atoms with Gasteiger partial charge in [-0.3, -0.25) is 19.2 Å². The Hall–Kier alpha value is -3.92. The highest BCUT2D eigenvalue weighted by Crippen LogP contribution is 2.46. The van der Waals surface area contributed by atoms with Crippen molar-refractivity contribution in [1.29, 1.82) is 0 Å². The summed E-state index contributed by atoms with van der Waals surface area (Å²) in [7, 11) is 3.46. The molecule has 2 amide bonds. The van der Waals surface area contributed by atoms with Crippen LogP contribution in [0.25, 0.3) is 0 Å². The van der Waals surface area contributed by atoms with E-state index in [1.807, 2.05) is 24.3 Å². The number of carbonyl (C=O) groups excluding carboxylic acids is 2. The summed E-state index contributed by atoms with van der Waals surface area (Å²) in [6, 6.07) is 11.5. The van der Waals surface area contributed by atoms with Gasteiger partial charge < -0.3 is 52.0 Å². The molecule has 2 unspecified atom stereocenters. The van der Waals surface area contributed by atoms with Gasteiger partial charge in [0, 0.05) is 61.1 Å². The van der Waals surface area contributed by atoms with E-state index in [1.165, 1.54) is 11.1 Å². The lowest BCUT2D eigenvalue weighted by molar-refractivity contribution is -0.143. The smallest absolute Gasteiger partial charge is 0.306 e. The molecule has 0 saturated heterocycles. The van der Waals surface area contributed by atoms with E-state index in [0.717, 1.165) is 101 Å². The summed E-state index contributed by atoms with van der Waals surface area (Å²) >= 11 is 0. The molecule has 6 rings (SSSR count). The monoisotopic (exact) mass is 949 g/mol. The van der Waals surface area contributed by atoms with E-state index in [9.17, 15) is 39.6 Å². The minimum absolute atomic E-state index is 0.00222. The molecule has 0 heterocycles. The van der Waals surface area contributed by atoms with Crippen LogP contribution in [0.15, 0.2) is 36.4 Å². The van der Waals surface area contributed by atoms with Crippen molar-refractivity contribution in [3.8, 4) is 0 Å². The van der Waals surface area contributed by atoms with Crippen LogP contribution in [0.4, 0.5) is 0 Å². The number of ether oxygens (including phenoxy) is 2. The normalized spacial score (nSPS) is 27.1. The van der Waals surface area contributed by atoms with Gasteiger partial charge in [0.2, 0.25) is 11.8 Å². The second kappa shape index (κ2) is 25.3. The second-order valence-electron chi connectivity index (χ2n) is 20.5. The fraction of sp³-hybridized carbons (Fsp3) is 0.704. The quantitative estimate of drug-likeness (QED) is 0.0607. The summed E-state index contributed by atoms with van der Waals surface area (Å²) in [5.74, 6) is -2.40. The van der Waals surface area contributed by atoms with Crippen LogP contribution in [0.5, 0.6) is 0 Å². The molecule has 0 aromatic heterocycles. The molecule has 4 aliphatic rings. The first-order chi connectivity index (χ1) is 32.5. The SMILES string of the molecule is CCC1(CC)c2cc(C(N)=O)ccc2C[C@H](OC)[C@H]1NCCC(CC1CCC(O)CC1)C(=O)O.CCC1(CC)c2cc(C(N)=O)ccc2C[C@H](OC)[C@H]1NCCC(CC1CCC(O)CC1)C(=O)O. The maximum atomic E-state index is 12.0. The Labute approximate surface area is 405 Å². The average Bonchev–Trinajstić information content (AvgIpc) is 3.33. The number of rotatable bonds is 22. The first-order valence-electron chi connectivity index (χ1n) is 25.7. The fourth-order valence-electron chi connectivity index (χ4n) is 12.8. The number of aliphatic carboxylic acids is 2. The average molecular weight is 949 g/mol. The Kier molecular flexibility index (Phi) is 20.4. The first kappa shape index (κ1) is 55.0. The Morgan fingerprint density at radius 3 is 1.22 bits per heavy atom. The third kappa shape index (κ3) is 12.9. The van der Waals surface area contributed by atoms with Crippen molar-refractivity contribution >= 4 is 23.8 Å². The van der Waals surface area contributed by atoms with E-state index >= 15 is 0 Å². The van der Waals surface area contributed by atoms with Gasteiger partial charge in [-0.1, -0.05) is 39.8 Å². The number of fused-ring (bicyclic) bond motifs is 2. The van der Waals surface area contributed by atoms with Crippen molar-refractivity contribution in [3.05, 3.63) is 69.8 Å². The molecule has 14 heteroatoms. The number of nitrogens with two attached hydrogens (primary N) is 2. The number of aliphatic hydroxyl groups is 2. The van der Waals surface area contributed by atoms with Gasteiger partial charge in [-0.15, -0.1) is 0 Å². The third-order valence-electron chi connectivity index (χ3n) is 17.0. The molecule has 2 fully saturated rings. The maximum Gasteiger partial charge on any atom is 0.306 e. The number of aliphatic hydroxyl groups excluding tert-OH is 2. The summed E-state index contributed by atoms with van der Waals surface area (Å²) in [5, 5.41) is 46.6. The molecule has 2 aromatic rings. The van der Waals surface area contributed by atoms with Crippen molar-refractivity contribution < 1.29 is 49.1 Å². The highest BCUT2D eigenvalue weighted by Gasteiger charge is 2.48. The fourth-order valence-corrected chi connectivity index (χ4v) is 12.8. The number of carbonyl (C=O) groups is 4. The van der Waals surface area contributed by atoms with Crippen LogP contribution in [0, 0.1) is 23.7 Å². The number of carboxylic acid groups (broad SMARTS) is 2. The standard InChI is InChI=1S/2C27H42N2O5/c2*1-4-27(5-2)22-15-19(25(28)31)9-8-18(22)16-23(34-3)24(27)29-13-12-20(26(32)33)14-17-6-10-21(30)11-7-17/h2*8-9,15,17,20-21,23-24,29-30H,4-7,10-14,16H2,1-3H3,(H2,28,31)(H,32,33)/t2*17?,20?,21?,23-,24+/m00/s1. The first-order valence-corrected chi connectivity index (χ1v) is 25.7. The predicted molar refractivity (Wildman–Crippen MR) is 264 cm³/mol. The van der Waals surface area contributed by atoms with E-state index < -0.39 is 35.6 Å². The van der Waals surface area contributed by atoms with Crippen molar-refractivity contribution in [1.82, 2.24) is 10.6 Å². The van der Waals surface area contributed by atoms with Crippen molar-refractivity contribution in [2.24, 2.45) is 35.1 Å². The van der Waals surface area contributed by atoms with Gasteiger partial charge in [0.05, 0.1) is 36.3 Å². The summed E-state index contributed by atoms with van der Waals surface area (Å²) in [4.78, 5) is 47.8. The molecule has 2 aromatic carbocycles. The number of nitrogens with one attached hydrogen (secondary N) is 2. The van der Waals surface area contributed by atoms with Gasteiger partial charge in [0.15, 0.2) is 0 Å². The number of benzene rings is 2. The molecule has 380 valence electrons. The van der Waals surface area contributed by atoms with E-state index in [4.69, 9.17) is 20.9 Å². The number of hydrogen-bond donors (Lipinski definition) is 8. The van der Waals surface area contributed by atoms with Crippen LogP contribution < -0.4 is 22.1 Å². The predicted octanol–water partition coefficient (Wildman–Crippen LogP) is 6.81. The molecular weight excluding hydrogens is 865 g/mol. The molecule has 0 spiro atoms. The van der Waals surface area contributed by atoms with Crippen molar-refractivity contribution in [2.75, 3.05) is 27.3 Å². The van der Waals surface area contributed by atoms with Gasteiger partial charge in [-0.2, -0.15) is 0 Å². The largest absolute Gasteiger partial charge is 0.481 e. The topological polar surface area (TPSA) is 244 Å². The zero-order chi connectivity index (χ0) is 49.8. The van der Waals surface area contributed by atoms with Crippen LogP contribution in [-0.4, -0.2) is 108 Å². The molecule has 10 N–H and O–H groups in total. The third-order valence-corrected chi connectivity index (χ3v) is 17.0. The lowest BCUT2D eigenvalue weighted by Crippen LogP contribution is -2.59. The Morgan fingerprint density at radius 2 is 0.941 bits per heavy atom. The van der Waals surface area contributed by atoms with Gasteiger partial charge >= 0.3 is 11.9 Å². The van der Waals surface area contributed by atoms with Crippen LogP contribution in [0.1, 0.15) is 173 Å². The van der Waals surface area contributed by atoms with Gasteiger partial charge in [-0.05, 0) is 174 Å². The highest BCUT2D eigenvalue weighted by molar-refractivity contribution is 5.93. The number of hydrogen-bond acceptors (Lipinski definition) is 10. The number of methoxy groups -OCH3 is 2. The summed E-state index contributed by atoms with van der Waals surface area (Å²) in [6.07, 6.45) is 13.5. The number of primary amides is 2. The molecule has 68 heavy (non-hydrogen) atoms. The maximum absolute atomic E-state index is 12.0. The van der Waals surface area contributed by atoms with Crippen LogP contribution in [0.2, 0.25) is 0 Å². The van der Waals surface area contributed by atoms with Crippen LogP contribution in [-0.2, 0) is 42.7 Å². The van der Waals surface area contributed by atoms with Crippen molar-refractivity contribution in [3.63, 3.8) is 0 Å². The molecular formula is C54H84N4O10. The van der Waals surface area contributed by atoms with E-state index in [-0.39, 0.29) is 47.3 Å². The van der Waals surface area contributed by atoms with Crippen molar-refractivity contribution in [2.45, 2.75) is 191 Å². The minimum atomic E-state index is -0.742. The zero-order valence-corrected chi connectivity index (χ0v) is 41.8. The Morgan fingerprint density at radius 1 is 0.603 bits per heavy atom. The summed E-state index contributed by atoms with van der Waals surface area (Å²) < 4.78 is 11.9.